The van der Waals surface area contributed by atoms with E-state index in [0.717, 1.165) is 48.6 Å². The highest BCUT2D eigenvalue weighted by atomic mass is 35.5. The summed E-state index contributed by atoms with van der Waals surface area (Å²) in [6, 6.07) is 16.6. The van der Waals surface area contributed by atoms with Gasteiger partial charge in [0.15, 0.2) is 21.2 Å². The topological polar surface area (TPSA) is 305 Å². The normalized spacial score (nSPS) is 16.5. The van der Waals surface area contributed by atoms with Crippen molar-refractivity contribution >= 4 is 127 Å². The predicted molar refractivity (Wildman–Crippen MR) is 397 cm³/mol. The summed E-state index contributed by atoms with van der Waals surface area (Å²) >= 11 is 24.3. The Morgan fingerprint density at radius 3 is 1.90 bits per heavy atom. The molecule has 1 unspecified atom stereocenters. The van der Waals surface area contributed by atoms with Gasteiger partial charge in [-0.05, 0) is 183 Å². The van der Waals surface area contributed by atoms with Crippen molar-refractivity contribution in [2.75, 3.05) is 55.8 Å². The van der Waals surface area contributed by atoms with E-state index in [1.807, 2.05) is 20.8 Å². The van der Waals surface area contributed by atoms with Crippen molar-refractivity contribution < 1.29 is 70.5 Å². The molecule has 0 bridgehead atoms. The van der Waals surface area contributed by atoms with Gasteiger partial charge in [0.1, 0.15) is 28.5 Å². The van der Waals surface area contributed by atoms with Crippen LogP contribution in [0.4, 0.5) is 11.4 Å². The number of nitrogens with one attached hydrogen (secondary N) is 1. The Labute approximate surface area is 622 Å². The van der Waals surface area contributed by atoms with E-state index in [2.05, 4.69) is 48.3 Å². The van der Waals surface area contributed by atoms with Crippen LogP contribution in [0.15, 0.2) is 108 Å². The van der Waals surface area contributed by atoms with Crippen LogP contribution in [-0.2, 0) is 95.4 Å². The minimum atomic E-state index is -3.52. The Morgan fingerprint density at radius 1 is 0.731 bits per heavy atom. The Hall–Kier alpha value is -8.92. The molecule has 25 nitrogen and oxygen atoms in total. The largest absolute Gasteiger partial charge is 0.464 e. The smallest absolute Gasteiger partial charge is 0.354 e. The Kier molecular flexibility index (Phi) is 26.7. The molecule has 0 saturated carbocycles. The van der Waals surface area contributed by atoms with Crippen LogP contribution in [0.1, 0.15) is 150 Å². The van der Waals surface area contributed by atoms with Gasteiger partial charge in [-0.3, -0.25) is 33.4 Å². The molecule has 0 radical (unpaired) electrons. The number of nitrogens with zero attached hydrogens (tertiary/aromatic N) is 7. The number of sulfone groups is 1. The van der Waals surface area contributed by atoms with E-state index in [1.54, 1.807) is 80.4 Å². The number of halogens is 4. The van der Waals surface area contributed by atoms with Gasteiger partial charge >= 0.3 is 23.9 Å². The summed E-state index contributed by atoms with van der Waals surface area (Å²) < 4.78 is 55.4. The molecule has 2 amide bonds. The third-order valence-electron chi connectivity index (χ3n) is 17.4. The highest BCUT2D eigenvalue weighted by Gasteiger charge is 2.50. The molecule has 0 spiro atoms. The minimum absolute atomic E-state index is 0.00623. The van der Waals surface area contributed by atoms with Crippen molar-refractivity contribution in [3.63, 3.8) is 0 Å². The predicted octanol–water partition coefficient (Wildman–Crippen LogP) is 12.2. The van der Waals surface area contributed by atoms with E-state index in [0.29, 0.717) is 124 Å². The van der Waals surface area contributed by atoms with Gasteiger partial charge < -0.3 is 33.6 Å². The Morgan fingerprint density at radius 2 is 1.36 bits per heavy atom. The lowest BCUT2D eigenvalue weighted by Gasteiger charge is -2.32. The molecule has 556 valence electrons. The van der Waals surface area contributed by atoms with Crippen molar-refractivity contribution in [1.29, 1.82) is 0 Å². The molecule has 4 aliphatic heterocycles. The summed E-state index contributed by atoms with van der Waals surface area (Å²) in [4.78, 5) is 119. The van der Waals surface area contributed by atoms with E-state index in [9.17, 15) is 51.6 Å². The second-order valence-corrected chi connectivity index (χ2v) is 29.6. The third kappa shape index (κ3) is 17.7. The molecule has 5 aliphatic rings. The zero-order chi connectivity index (χ0) is 76.4. The molecular formula is C74H84Cl4N8O17S. The number of ether oxygens (including phenoxy) is 5. The van der Waals surface area contributed by atoms with E-state index in [1.165, 1.54) is 51.6 Å². The average Bonchev–Trinajstić information content (AvgIpc) is 1.62. The highest BCUT2D eigenvalue weighted by Crippen LogP contribution is 2.42. The average molecular weight is 1530 g/mol. The van der Waals surface area contributed by atoms with Crippen molar-refractivity contribution in [2.24, 2.45) is 22.7 Å². The Balaban J connectivity index is 0.000000176. The molecule has 0 fully saturated rings. The molecule has 11 rings (SSSR count). The van der Waals surface area contributed by atoms with Crippen LogP contribution in [0.2, 0.25) is 15.1 Å². The number of rotatable bonds is 17. The number of amides is 2. The summed E-state index contributed by atoms with van der Waals surface area (Å²) in [6.45, 7) is 22.9. The molecule has 104 heavy (non-hydrogen) atoms. The summed E-state index contributed by atoms with van der Waals surface area (Å²) in [5.41, 5.74) is 6.54. The molecule has 1 aliphatic carbocycles. The fraction of sp³-hybridized carbons (Fsp3) is 0.419. The lowest BCUT2D eigenvalue weighted by atomic mass is 9.91. The SMILES string of the molecule is CCOC(=O)/C(Cl)=C/c1cc(N2C(=O)C3=C(CCCC3)C2=O)ccc1Cl.CCOC(=O)C1=NN(c2ccc(Cl)cc2Cl)C(C)(C(=O)OCC)C1.CCc1cc(C)cc(CC)c1-c1c(OC(=O)C(C)(C)C)n2n(c1=O)CCOCC2.Cc1c(C(=O)c2c[nH]n(C)c2=O)ccc(S(C)(=O)=O)c1C1=NOCC1. The van der Waals surface area contributed by atoms with E-state index in [4.69, 9.17) is 74.9 Å². The van der Waals surface area contributed by atoms with Crippen LogP contribution in [-0.4, -0.2) is 132 Å². The molecule has 2 aromatic heterocycles. The fourth-order valence-electron chi connectivity index (χ4n) is 12.2. The fourth-order valence-corrected chi connectivity index (χ4v) is 14.0. The second kappa shape index (κ2) is 34.3. The number of fused-ring (bicyclic) bond motifs is 1. The van der Waals surface area contributed by atoms with Crippen LogP contribution in [0.25, 0.3) is 17.2 Å². The first kappa shape index (κ1) is 80.8. The van der Waals surface area contributed by atoms with Gasteiger partial charge in [0.25, 0.3) is 22.9 Å². The lowest BCUT2D eigenvalue weighted by molar-refractivity contribution is -0.148. The van der Waals surface area contributed by atoms with E-state index < -0.39 is 50.0 Å². The number of ketones is 1. The number of aromatic nitrogens is 4. The zero-order valence-corrected chi connectivity index (χ0v) is 64.1. The number of H-pyrrole nitrogens is 1. The number of imide groups is 1. The number of benzene rings is 4. The number of aryl methyl sites for hydroxylation is 4. The highest BCUT2D eigenvalue weighted by molar-refractivity contribution is 7.90. The van der Waals surface area contributed by atoms with Crippen LogP contribution >= 0.6 is 46.4 Å². The first-order valence-corrected chi connectivity index (χ1v) is 37.3. The number of esters is 4. The van der Waals surface area contributed by atoms with Gasteiger partial charge in [-0.25, -0.2) is 42.1 Å². The van der Waals surface area contributed by atoms with Crippen LogP contribution in [0, 0.1) is 19.3 Å². The monoisotopic (exact) mass is 1530 g/mol. The summed E-state index contributed by atoms with van der Waals surface area (Å²) in [5, 5.41) is 13.2. The van der Waals surface area contributed by atoms with Crippen LogP contribution < -0.4 is 25.8 Å². The first-order valence-electron chi connectivity index (χ1n) is 33.9. The number of carbonyl (C=O) groups is 7. The third-order valence-corrected chi connectivity index (χ3v) is 19.7. The summed E-state index contributed by atoms with van der Waals surface area (Å²) in [5.74, 6) is -2.78. The van der Waals surface area contributed by atoms with Crippen LogP contribution in [0.5, 0.6) is 5.88 Å². The van der Waals surface area contributed by atoms with Gasteiger partial charge in [-0.15, -0.1) is 0 Å². The van der Waals surface area contributed by atoms with Crippen molar-refractivity contribution in [3.8, 4) is 17.0 Å². The lowest BCUT2D eigenvalue weighted by Crippen LogP contribution is -2.48. The van der Waals surface area contributed by atoms with Crippen molar-refractivity contribution in [3.05, 3.63) is 163 Å². The molecular weight excluding hydrogens is 1450 g/mol. The quantitative estimate of drug-likeness (QED) is 0.0292. The maximum Gasteiger partial charge on any atom is 0.354 e. The Bertz CT molecular complexity index is 4710. The number of anilines is 2. The van der Waals surface area contributed by atoms with Gasteiger partial charge in [-0.1, -0.05) is 83.1 Å². The summed E-state index contributed by atoms with van der Waals surface area (Å²) in [7, 11) is -2.02. The zero-order valence-electron chi connectivity index (χ0n) is 60.2. The van der Waals surface area contributed by atoms with E-state index in [-0.39, 0.29) is 76.4 Å². The minimum Gasteiger partial charge on any atom is -0.464 e. The number of hydrogen-bond donors (Lipinski definition) is 1. The molecule has 6 aromatic rings. The van der Waals surface area contributed by atoms with Gasteiger partial charge in [0.05, 0.1) is 78.5 Å². The summed E-state index contributed by atoms with van der Waals surface area (Å²) in [6.07, 6.45) is 8.99. The van der Waals surface area contributed by atoms with Crippen LogP contribution in [0.3, 0.4) is 0 Å². The molecule has 30 heteroatoms. The van der Waals surface area contributed by atoms with Crippen molar-refractivity contribution in [2.45, 2.75) is 151 Å². The first-order chi connectivity index (χ1) is 49.2. The second-order valence-electron chi connectivity index (χ2n) is 25.9. The maximum absolute atomic E-state index is 13.5. The molecule has 1 atom stereocenters. The number of aromatic amines is 1. The standard InChI is InChI=1S/C23H32N2O4.C19H17Cl2NO4.C16H18Cl2N2O4.C16H17N3O5S/c1-7-16-13-15(3)14-17(8-2)18(16)19-20(26)24-9-11-28-12-10-25(24)21(19)29-22(27)23(4,5)6;1-2-26-19(25)16(21)10-11-9-12(7-8-15(11)20)22-17(23)13-5-3-4-6-14(13)18(22)24;1-4-23-14(21)12-9-16(3,15(22)24-5-2)20(19-12)13-7-6-10(17)8-11(13)18;1-9-10(15(20)11-8-17-19(2)16(11)21)4-5-13(25(3,22)23)14(9)12-6-7-24-18-12/h13-14H,7-12H2,1-6H3;7-10H,2-6H2,1H3;6-8H,4-5,9H2,1-3H3;4-5,8,17H,6-7H2,1-3H3/b;16-10-;;. The number of hydrazone groups is 1. The van der Waals surface area contributed by atoms with Gasteiger partial charge in [0, 0.05) is 64.7 Å². The molecule has 0 saturated heterocycles. The molecule has 4 aromatic carbocycles. The van der Waals surface area contributed by atoms with Crippen molar-refractivity contribution in [1.82, 2.24) is 19.1 Å². The number of carbonyl (C=O) groups excluding carboxylic acids is 7. The molecule has 6 heterocycles. The van der Waals surface area contributed by atoms with E-state index >= 15 is 0 Å². The maximum atomic E-state index is 13.5. The number of oxime groups is 1. The van der Waals surface area contributed by atoms with Gasteiger partial charge in [-0.2, -0.15) is 5.10 Å². The molecule has 1 N–H and O–H groups in total. The number of hydrogen-bond acceptors (Lipinski definition) is 20. The van der Waals surface area contributed by atoms with Gasteiger partial charge in [0.2, 0.25) is 5.88 Å².